The summed E-state index contributed by atoms with van der Waals surface area (Å²) in [5.74, 6) is 3.94. The molecule has 0 unspecified atom stereocenters. The summed E-state index contributed by atoms with van der Waals surface area (Å²) in [6.45, 7) is 0.474. The molecule has 84 valence electrons. The maximum absolute atomic E-state index is 5.49. The van der Waals surface area contributed by atoms with Crippen molar-refractivity contribution >= 4 is 24.5 Å². The van der Waals surface area contributed by atoms with Crippen molar-refractivity contribution in [1.29, 1.82) is 0 Å². The van der Waals surface area contributed by atoms with E-state index in [0.29, 0.717) is 6.61 Å². The number of para-hydroxylation sites is 1. The Hall–Kier alpha value is -1.41. The van der Waals surface area contributed by atoms with E-state index in [4.69, 9.17) is 4.74 Å². The minimum atomic E-state index is -0.374. The van der Waals surface area contributed by atoms with Crippen LogP contribution in [0.3, 0.4) is 0 Å². The molecule has 0 radical (unpaired) electrons. The second-order valence-electron chi connectivity index (χ2n) is 3.30. The summed E-state index contributed by atoms with van der Waals surface area (Å²) in [4.78, 5) is 0. The van der Waals surface area contributed by atoms with Crippen molar-refractivity contribution in [3.05, 3.63) is 60.7 Å². The molecule has 2 aromatic carbocycles. The molecule has 0 saturated heterocycles. The van der Waals surface area contributed by atoms with Crippen LogP contribution in [-0.4, -0.2) is 27.5 Å². The van der Waals surface area contributed by atoms with Crippen LogP contribution < -0.4 is 8.35 Å². The molecule has 0 heterocycles. The van der Waals surface area contributed by atoms with Crippen LogP contribution in [-0.2, 0) is 0 Å². The Morgan fingerprint density at radius 3 is 2.24 bits per heavy atom. The SMILES string of the molecule is C(#C[Te]c1ccccc1)COc1ccccc1. The van der Waals surface area contributed by atoms with Crippen LogP contribution in [0.5, 0.6) is 5.75 Å². The van der Waals surface area contributed by atoms with Gasteiger partial charge >= 0.3 is 112 Å². The molecular weight excluding hydrogens is 324 g/mol. The first-order chi connectivity index (χ1) is 8.45. The molecule has 0 amide bonds. The van der Waals surface area contributed by atoms with Crippen LogP contribution in [0.4, 0.5) is 0 Å². The van der Waals surface area contributed by atoms with Gasteiger partial charge in [-0.3, -0.25) is 0 Å². The van der Waals surface area contributed by atoms with Gasteiger partial charge in [-0.05, 0) is 0 Å². The minimum absolute atomic E-state index is 0.374. The van der Waals surface area contributed by atoms with Crippen molar-refractivity contribution < 1.29 is 4.74 Å². The number of hydrogen-bond acceptors (Lipinski definition) is 1. The first-order valence-corrected chi connectivity index (χ1v) is 7.66. The van der Waals surface area contributed by atoms with E-state index >= 15 is 0 Å². The van der Waals surface area contributed by atoms with Crippen molar-refractivity contribution in [2.45, 2.75) is 0 Å². The van der Waals surface area contributed by atoms with Gasteiger partial charge in [0.15, 0.2) is 0 Å². The normalized spacial score (nSPS) is 9.18. The summed E-state index contributed by atoms with van der Waals surface area (Å²) < 4.78 is 10.1. The van der Waals surface area contributed by atoms with Crippen molar-refractivity contribution in [2.75, 3.05) is 6.61 Å². The second-order valence-corrected chi connectivity index (χ2v) is 5.81. The molecule has 0 bridgehead atoms. The summed E-state index contributed by atoms with van der Waals surface area (Å²) in [6, 6.07) is 20.2. The number of benzene rings is 2. The van der Waals surface area contributed by atoms with Gasteiger partial charge in [0.1, 0.15) is 0 Å². The summed E-state index contributed by atoms with van der Waals surface area (Å²) in [5, 5.41) is 0. The Labute approximate surface area is 112 Å². The first-order valence-electron chi connectivity index (χ1n) is 5.33. The van der Waals surface area contributed by atoms with Gasteiger partial charge < -0.3 is 0 Å². The van der Waals surface area contributed by atoms with Gasteiger partial charge in [-0.15, -0.1) is 0 Å². The van der Waals surface area contributed by atoms with Crippen LogP contribution in [0.25, 0.3) is 0 Å². The fourth-order valence-electron chi connectivity index (χ4n) is 1.25. The van der Waals surface area contributed by atoms with E-state index < -0.39 is 0 Å². The van der Waals surface area contributed by atoms with Crippen molar-refractivity contribution in [3.63, 3.8) is 0 Å². The molecule has 1 nitrogen and oxygen atoms in total. The molecular formula is C15H12OTe. The molecule has 0 aromatic heterocycles. The van der Waals surface area contributed by atoms with Gasteiger partial charge in [0.2, 0.25) is 0 Å². The fourth-order valence-corrected chi connectivity index (χ4v) is 2.80. The Balaban J connectivity index is 1.76. The summed E-state index contributed by atoms with van der Waals surface area (Å²) in [5.41, 5.74) is 0. The molecule has 0 aliphatic heterocycles. The topological polar surface area (TPSA) is 9.23 Å². The Morgan fingerprint density at radius 2 is 1.53 bits per heavy atom. The predicted octanol–water partition coefficient (Wildman–Crippen LogP) is 2.06. The third-order valence-corrected chi connectivity index (χ3v) is 4.19. The number of hydrogen-bond donors (Lipinski definition) is 0. The van der Waals surface area contributed by atoms with Crippen LogP contribution in [0.15, 0.2) is 60.7 Å². The van der Waals surface area contributed by atoms with Crippen LogP contribution in [0.2, 0.25) is 0 Å². The van der Waals surface area contributed by atoms with Crippen molar-refractivity contribution in [1.82, 2.24) is 0 Å². The molecule has 17 heavy (non-hydrogen) atoms. The summed E-state index contributed by atoms with van der Waals surface area (Å²) in [7, 11) is 0. The molecule has 0 fully saturated rings. The third-order valence-electron chi connectivity index (χ3n) is 2.04. The van der Waals surface area contributed by atoms with E-state index in [1.807, 2.05) is 36.4 Å². The second kappa shape index (κ2) is 7.02. The molecule has 0 saturated carbocycles. The monoisotopic (exact) mass is 338 g/mol. The van der Waals surface area contributed by atoms with Crippen molar-refractivity contribution in [2.24, 2.45) is 0 Å². The number of ether oxygens (including phenoxy) is 1. The summed E-state index contributed by atoms with van der Waals surface area (Å²) >= 11 is -0.374. The predicted molar refractivity (Wildman–Crippen MR) is 71.5 cm³/mol. The molecule has 2 heteroatoms. The van der Waals surface area contributed by atoms with Crippen LogP contribution >= 0.6 is 0 Å². The quantitative estimate of drug-likeness (QED) is 0.616. The maximum atomic E-state index is 5.49. The fraction of sp³-hybridized carbons (Fsp3) is 0.0667. The number of rotatable bonds is 3. The van der Waals surface area contributed by atoms with Gasteiger partial charge in [-0.1, -0.05) is 0 Å². The summed E-state index contributed by atoms with van der Waals surface area (Å²) in [6.07, 6.45) is 0. The van der Waals surface area contributed by atoms with Gasteiger partial charge in [-0.2, -0.15) is 0 Å². The van der Waals surface area contributed by atoms with E-state index in [9.17, 15) is 0 Å². The molecule has 0 spiro atoms. The van der Waals surface area contributed by atoms with Gasteiger partial charge in [0.05, 0.1) is 0 Å². The van der Waals surface area contributed by atoms with E-state index in [1.54, 1.807) is 0 Å². The third kappa shape index (κ3) is 4.53. The van der Waals surface area contributed by atoms with E-state index in [1.165, 1.54) is 3.61 Å². The standard InChI is InChI=1S/C15H12OTe/c1-3-8-14(9-4-1)16-12-7-13-17-15-10-5-2-6-11-15/h1-6,8-11H,12H2. The molecule has 2 aromatic rings. The molecule has 0 aliphatic rings. The first kappa shape index (κ1) is 12.1. The zero-order valence-electron chi connectivity index (χ0n) is 9.30. The van der Waals surface area contributed by atoms with E-state index in [2.05, 4.69) is 34.2 Å². The molecule has 0 atom stereocenters. The average Bonchev–Trinajstić information content (AvgIpc) is 2.41. The van der Waals surface area contributed by atoms with Gasteiger partial charge in [0, 0.05) is 0 Å². The van der Waals surface area contributed by atoms with Crippen molar-refractivity contribution in [3.8, 4) is 15.6 Å². The average molecular weight is 336 g/mol. The van der Waals surface area contributed by atoms with E-state index in [0.717, 1.165) is 5.75 Å². The Bertz CT molecular complexity index is 497. The molecule has 0 aliphatic carbocycles. The molecule has 2 rings (SSSR count). The van der Waals surface area contributed by atoms with Crippen LogP contribution in [0.1, 0.15) is 0 Å². The zero-order valence-corrected chi connectivity index (χ0v) is 11.6. The van der Waals surface area contributed by atoms with E-state index in [-0.39, 0.29) is 20.9 Å². The van der Waals surface area contributed by atoms with Crippen LogP contribution in [0, 0.1) is 9.89 Å². The zero-order chi connectivity index (χ0) is 11.8. The van der Waals surface area contributed by atoms with Gasteiger partial charge in [0.25, 0.3) is 0 Å². The molecule has 0 N–H and O–H groups in total. The Kier molecular flexibility index (Phi) is 4.98. The Morgan fingerprint density at radius 1 is 0.882 bits per heavy atom. The van der Waals surface area contributed by atoms with Gasteiger partial charge in [-0.25, -0.2) is 0 Å².